The van der Waals surface area contributed by atoms with Crippen molar-refractivity contribution in [3.05, 3.63) is 12.4 Å². The molecule has 1 fully saturated rings. The van der Waals surface area contributed by atoms with E-state index < -0.39 is 0 Å². The normalized spacial score (nSPS) is 29.9. The second-order valence-corrected chi connectivity index (χ2v) is 3.40. The average molecular weight is 151 g/mol. The van der Waals surface area contributed by atoms with Crippen LogP contribution in [0, 0.1) is 11.8 Å². The van der Waals surface area contributed by atoms with Crippen LogP contribution in [0.4, 0.5) is 0 Å². The van der Waals surface area contributed by atoms with Crippen molar-refractivity contribution in [3.8, 4) is 0 Å². The van der Waals surface area contributed by atoms with Crippen molar-refractivity contribution in [2.24, 2.45) is 11.8 Å². The molecule has 1 aromatic rings. The largest absolute Gasteiger partial charge is 0.185 e. The number of rotatable bonds is 2. The van der Waals surface area contributed by atoms with E-state index in [1.807, 2.05) is 0 Å². The maximum absolute atomic E-state index is 4.08. The zero-order chi connectivity index (χ0) is 7.68. The summed E-state index contributed by atoms with van der Waals surface area (Å²) in [5, 5.41) is 8.16. The lowest BCUT2D eigenvalue weighted by Crippen LogP contribution is -2.28. The lowest BCUT2D eigenvalue weighted by Gasteiger charge is -2.33. The Kier molecular flexibility index (Phi) is 1.64. The third-order valence-corrected chi connectivity index (χ3v) is 2.66. The molecule has 1 heterocycles. The first-order valence-electron chi connectivity index (χ1n) is 4.20. The SMILES string of the molecule is CC1CCC1Cn1nccn1. The van der Waals surface area contributed by atoms with Gasteiger partial charge in [0.15, 0.2) is 0 Å². The molecule has 0 radical (unpaired) electrons. The van der Waals surface area contributed by atoms with Crippen LogP contribution in [0.2, 0.25) is 0 Å². The Morgan fingerprint density at radius 2 is 2.09 bits per heavy atom. The first-order chi connectivity index (χ1) is 5.36. The molecule has 1 aliphatic carbocycles. The minimum absolute atomic E-state index is 0.822. The summed E-state index contributed by atoms with van der Waals surface area (Å²) < 4.78 is 0. The zero-order valence-corrected chi connectivity index (χ0v) is 6.77. The van der Waals surface area contributed by atoms with Crippen molar-refractivity contribution in [1.29, 1.82) is 0 Å². The van der Waals surface area contributed by atoms with Crippen LogP contribution in [0.5, 0.6) is 0 Å². The quantitative estimate of drug-likeness (QED) is 0.638. The number of aromatic nitrogens is 3. The standard InChI is InChI=1S/C8H13N3/c1-7-2-3-8(7)6-11-9-4-5-10-11/h4-5,7-8H,2-3,6H2,1H3. The van der Waals surface area contributed by atoms with E-state index in [0.717, 1.165) is 18.4 Å². The van der Waals surface area contributed by atoms with Crippen LogP contribution in [0.3, 0.4) is 0 Å². The van der Waals surface area contributed by atoms with Crippen LogP contribution in [-0.2, 0) is 6.54 Å². The van der Waals surface area contributed by atoms with E-state index in [1.165, 1.54) is 12.8 Å². The van der Waals surface area contributed by atoms with Gasteiger partial charge < -0.3 is 0 Å². The van der Waals surface area contributed by atoms with Gasteiger partial charge in [0, 0.05) is 0 Å². The van der Waals surface area contributed by atoms with Crippen molar-refractivity contribution in [1.82, 2.24) is 15.0 Å². The van der Waals surface area contributed by atoms with Crippen molar-refractivity contribution >= 4 is 0 Å². The predicted octanol–water partition coefficient (Wildman–Crippen LogP) is 1.32. The molecule has 2 atom stereocenters. The van der Waals surface area contributed by atoms with E-state index in [1.54, 1.807) is 17.2 Å². The number of hydrogen-bond acceptors (Lipinski definition) is 2. The Morgan fingerprint density at radius 3 is 2.55 bits per heavy atom. The van der Waals surface area contributed by atoms with Gasteiger partial charge in [-0.1, -0.05) is 13.3 Å². The summed E-state index contributed by atoms with van der Waals surface area (Å²) >= 11 is 0. The van der Waals surface area contributed by atoms with E-state index in [-0.39, 0.29) is 0 Å². The molecule has 0 bridgehead atoms. The van der Waals surface area contributed by atoms with Crippen LogP contribution in [0.1, 0.15) is 19.8 Å². The highest BCUT2D eigenvalue weighted by Gasteiger charge is 2.27. The number of hydrogen-bond donors (Lipinski definition) is 0. The summed E-state index contributed by atoms with van der Waals surface area (Å²) in [6, 6.07) is 0. The third-order valence-electron chi connectivity index (χ3n) is 2.66. The zero-order valence-electron chi connectivity index (χ0n) is 6.77. The lowest BCUT2D eigenvalue weighted by atomic mass is 9.75. The Labute approximate surface area is 66.4 Å². The fraction of sp³-hybridized carbons (Fsp3) is 0.750. The van der Waals surface area contributed by atoms with Crippen molar-refractivity contribution < 1.29 is 0 Å². The fourth-order valence-electron chi connectivity index (χ4n) is 1.55. The lowest BCUT2D eigenvalue weighted by molar-refractivity contribution is 0.158. The van der Waals surface area contributed by atoms with Gasteiger partial charge in [-0.25, -0.2) is 0 Å². The molecule has 0 aromatic carbocycles. The molecule has 1 aliphatic rings. The summed E-state index contributed by atoms with van der Waals surface area (Å²) in [4.78, 5) is 1.79. The van der Waals surface area contributed by atoms with Gasteiger partial charge in [-0.15, -0.1) is 0 Å². The molecule has 0 saturated heterocycles. The first-order valence-corrected chi connectivity index (χ1v) is 4.20. The van der Waals surface area contributed by atoms with Crippen molar-refractivity contribution in [3.63, 3.8) is 0 Å². The highest BCUT2D eigenvalue weighted by Crippen LogP contribution is 2.34. The van der Waals surface area contributed by atoms with Crippen LogP contribution in [0.15, 0.2) is 12.4 Å². The van der Waals surface area contributed by atoms with Gasteiger partial charge in [0.25, 0.3) is 0 Å². The van der Waals surface area contributed by atoms with Crippen LogP contribution < -0.4 is 0 Å². The van der Waals surface area contributed by atoms with Gasteiger partial charge in [0.1, 0.15) is 0 Å². The van der Waals surface area contributed by atoms with Crippen LogP contribution in [0.25, 0.3) is 0 Å². The van der Waals surface area contributed by atoms with E-state index in [0.29, 0.717) is 0 Å². The molecule has 11 heavy (non-hydrogen) atoms. The molecule has 1 aromatic heterocycles. The maximum atomic E-state index is 4.08. The van der Waals surface area contributed by atoms with Gasteiger partial charge in [-0.2, -0.15) is 15.0 Å². The molecule has 0 N–H and O–H groups in total. The molecule has 60 valence electrons. The smallest absolute Gasteiger partial charge is 0.0693 e. The molecule has 0 amide bonds. The summed E-state index contributed by atoms with van der Waals surface area (Å²) in [5.41, 5.74) is 0. The summed E-state index contributed by atoms with van der Waals surface area (Å²) in [7, 11) is 0. The highest BCUT2D eigenvalue weighted by molar-refractivity contribution is 4.76. The van der Waals surface area contributed by atoms with Gasteiger partial charge in [0.2, 0.25) is 0 Å². The van der Waals surface area contributed by atoms with Crippen LogP contribution >= 0.6 is 0 Å². The van der Waals surface area contributed by atoms with E-state index >= 15 is 0 Å². The van der Waals surface area contributed by atoms with Crippen LogP contribution in [-0.4, -0.2) is 15.0 Å². The Morgan fingerprint density at radius 1 is 1.36 bits per heavy atom. The minimum Gasteiger partial charge on any atom is -0.185 e. The van der Waals surface area contributed by atoms with E-state index in [4.69, 9.17) is 0 Å². The monoisotopic (exact) mass is 151 g/mol. The third kappa shape index (κ3) is 1.27. The minimum atomic E-state index is 0.822. The summed E-state index contributed by atoms with van der Waals surface area (Å²) in [6.07, 6.45) is 6.21. The van der Waals surface area contributed by atoms with E-state index in [2.05, 4.69) is 17.1 Å². The second kappa shape index (κ2) is 2.64. The first kappa shape index (κ1) is 6.83. The van der Waals surface area contributed by atoms with E-state index in [9.17, 15) is 0 Å². The second-order valence-electron chi connectivity index (χ2n) is 3.40. The van der Waals surface area contributed by atoms with Crippen molar-refractivity contribution in [2.75, 3.05) is 0 Å². The van der Waals surface area contributed by atoms with Gasteiger partial charge >= 0.3 is 0 Å². The average Bonchev–Trinajstić information content (AvgIpc) is 2.49. The molecule has 2 unspecified atom stereocenters. The molecule has 1 saturated carbocycles. The molecule has 2 rings (SSSR count). The highest BCUT2D eigenvalue weighted by atomic mass is 15.5. The van der Waals surface area contributed by atoms with Gasteiger partial charge in [-0.05, 0) is 18.3 Å². The fourth-order valence-corrected chi connectivity index (χ4v) is 1.55. The molecule has 0 spiro atoms. The topological polar surface area (TPSA) is 30.7 Å². The molecular weight excluding hydrogens is 138 g/mol. The summed E-state index contributed by atoms with van der Waals surface area (Å²) in [5.74, 6) is 1.70. The molecular formula is C8H13N3. The Balaban J connectivity index is 1.91. The molecule has 0 aliphatic heterocycles. The maximum Gasteiger partial charge on any atom is 0.0693 e. The van der Waals surface area contributed by atoms with Crippen molar-refractivity contribution in [2.45, 2.75) is 26.3 Å². The summed E-state index contributed by atoms with van der Waals surface area (Å²) in [6.45, 7) is 3.31. The Bertz CT molecular complexity index is 217. The van der Waals surface area contributed by atoms with Gasteiger partial charge in [-0.3, -0.25) is 0 Å². The molecule has 3 nitrogen and oxygen atoms in total. The van der Waals surface area contributed by atoms with Gasteiger partial charge in [0.05, 0.1) is 18.9 Å². The molecule has 3 heteroatoms. The number of nitrogens with zero attached hydrogens (tertiary/aromatic N) is 3. The predicted molar refractivity (Wildman–Crippen MR) is 41.9 cm³/mol. The Hall–Kier alpha value is -0.860.